The number of nitro benzene ring substituents is 2. The highest BCUT2D eigenvalue weighted by Crippen LogP contribution is 2.32. The minimum absolute atomic E-state index is 0.108. The van der Waals surface area contributed by atoms with Crippen molar-refractivity contribution in [2.75, 3.05) is 79.3 Å². The van der Waals surface area contributed by atoms with Gasteiger partial charge in [-0.3, -0.25) is 20.2 Å². The Balaban J connectivity index is 1.59. The van der Waals surface area contributed by atoms with E-state index in [0.717, 1.165) is 0 Å². The highest BCUT2D eigenvalue weighted by Gasteiger charge is 2.15. The second-order valence-electron chi connectivity index (χ2n) is 7.62. The summed E-state index contributed by atoms with van der Waals surface area (Å²) in [5.74, 6) is 1.10. The first-order chi connectivity index (χ1) is 18.5. The van der Waals surface area contributed by atoms with Gasteiger partial charge in [-0.15, -0.1) is 0 Å². The Kier molecular flexibility index (Phi) is 12.3. The number of hydrogen-bond donors (Lipinski definition) is 0. The first-order valence-corrected chi connectivity index (χ1v) is 11.9. The van der Waals surface area contributed by atoms with Gasteiger partial charge >= 0.3 is 0 Å². The molecule has 3 rings (SSSR count). The molecule has 0 bridgehead atoms. The first-order valence-electron chi connectivity index (χ1n) is 11.9. The Labute approximate surface area is 218 Å². The van der Waals surface area contributed by atoms with Crippen molar-refractivity contribution in [3.63, 3.8) is 0 Å². The van der Waals surface area contributed by atoms with E-state index in [1.807, 2.05) is 0 Å². The maximum Gasteiger partial charge on any atom is 0.273 e. The lowest BCUT2D eigenvalue weighted by molar-refractivity contribution is -0.385. The summed E-state index contributed by atoms with van der Waals surface area (Å²) in [5, 5.41) is 22.3. The third kappa shape index (κ3) is 9.97. The van der Waals surface area contributed by atoms with Crippen LogP contribution in [0, 0.1) is 20.2 Å². The van der Waals surface area contributed by atoms with Crippen molar-refractivity contribution in [1.82, 2.24) is 0 Å². The summed E-state index contributed by atoms with van der Waals surface area (Å²) in [6.45, 7) is 2.95. The van der Waals surface area contributed by atoms with Gasteiger partial charge in [-0.25, -0.2) is 0 Å². The lowest BCUT2D eigenvalue weighted by atomic mass is 10.3. The summed E-state index contributed by atoms with van der Waals surface area (Å²) in [6, 6.07) is 8.16. The molecule has 2 aromatic carbocycles. The fourth-order valence-corrected chi connectivity index (χ4v) is 3.17. The smallest absolute Gasteiger partial charge is 0.273 e. The summed E-state index contributed by atoms with van der Waals surface area (Å²) in [5.41, 5.74) is -0.261. The van der Waals surface area contributed by atoms with E-state index in [0.29, 0.717) is 37.9 Å². The molecular formula is C24H30N2O12. The van der Waals surface area contributed by atoms with Crippen LogP contribution in [0.3, 0.4) is 0 Å². The van der Waals surface area contributed by atoms with Gasteiger partial charge in [0.25, 0.3) is 11.4 Å². The molecule has 0 radical (unpaired) electrons. The maximum atomic E-state index is 11.1. The molecule has 14 heteroatoms. The third-order valence-electron chi connectivity index (χ3n) is 4.96. The van der Waals surface area contributed by atoms with Crippen LogP contribution in [0.5, 0.6) is 23.0 Å². The van der Waals surface area contributed by atoms with Crippen LogP contribution in [0.1, 0.15) is 0 Å². The number of rotatable bonds is 2. The van der Waals surface area contributed by atoms with Crippen LogP contribution in [0.4, 0.5) is 11.4 Å². The van der Waals surface area contributed by atoms with Gasteiger partial charge in [0.15, 0.2) is 23.0 Å². The average Bonchev–Trinajstić information content (AvgIpc) is 2.91. The van der Waals surface area contributed by atoms with E-state index in [1.54, 1.807) is 0 Å². The minimum atomic E-state index is -0.520. The number of hydrogen-bond acceptors (Lipinski definition) is 12. The molecule has 2 aromatic rings. The second-order valence-corrected chi connectivity index (χ2v) is 7.62. The highest BCUT2D eigenvalue weighted by atomic mass is 16.6. The monoisotopic (exact) mass is 538 g/mol. The molecule has 0 saturated carbocycles. The van der Waals surface area contributed by atoms with E-state index in [2.05, 4.69) is 0 Å². The number of nitro groups is 2. The van der Waals surface area contributed by atoms with Crippen molar-refractivity contribution >= 4 is 11.4 Å². The molecule has 0 unspecified atom stereocenters. The normalized spacial score (nSPS) is 17.1. The van der Waals surface area contributed by atoms with Crippen LogP contribution < -0.4 is 18.9 Å². The van der Waals surface area contributed by atoms with E-state index >= 15 is 0 Å². The van der Waals surface area contributed by atoms with Crippen LogP contribution in [-0.2, 0) is 18.9 Å². The predicted molar refractivity (Wildman–Crippen MR) is 131 cm³/mol. The van der Waals surface area contributed by atoms with Crippen LogP contribution in [0.15, 0.2) is 36.4 Å². The second kappa shape index (κ2) is 16.2. The zero-order chi connectivity index (χ0) is 27.0. The van der Waals surface area contributed by atoms with Crippen molar-refractivity contribution in [2.24, 2.45) is 0 Å². The number of benzene rings is 2. The first kappa shape index (κ1) is 28.8. The summed E-state index contributed by atoms with van der Waals surface area (Å²) >= 11 is 0. The average molecular weight is 539 g/mol. The zero-order valence-corrected chi connectivity index (χ0v) is 20.7. The van der Waals surface area contributed by atoms with Crippen LogP contribution in [-0.4, -0.2) is 89.1 Å². The molecule has 1 aliphatic heterocycles. The molecule has 38 heavy (non-hydrogen) atoms. The van der Waals surface area contributed by atoms with E-state index in [-0.39, 0.29) is 75.7 Å². The van der Waals surface area contributed by atoms with Gasteiger partial charge < -0.3 is 37.9 Å². The molecule has 1 heterocycles. The Hall–Kier alpha value is -3.72. The molecule has 0 fully saturated rings. The molecule has 0 aromatic heterocycles. The summed E-state index contributed by atoms with van der Waals surface area (Å²) in [4.78, 5) is 21.2. The number of non-ortho nitro benzene ring substituents is 2. The van der Waals surface area contributed by atoms with E-state index in [9.17, 15) is 20.2 Å². The van der Waals surface area contributed by atoms with Crippen molar-refractivity contribution < 1.29 is 47.7 Å². The maximum absolute atomic E-state index is 11.1. The van der Waals surface area contributed by atoms with Gasteiger partial charge in [0.1, 0.15) is 26.4 Å². The standard InChI is InChI=1S/C24H30N2O12/c27-25(28)19-2-4-22-23(17-19)37-15-11-33-8-6-31-5-7-32-9-13-35-21-3-1-20(26(29)30)18-24(21)38-16-12-34-10-14-36-22/h1-4,17-18H,5-16H2. The molecule has 208 valence electrons. The molecule has 1 aliphatic rings. The van der Waals surface area contributed by atoms with Crippen molar-refractivity contribution in [2.45, 2.75) is 0 Å². The van der Waals surface area contributed by atoms with Gasteiger partial charge in [-0.2, -0.15) is 0 Å². The largest absolute Gasteiger partial charge is 0.487 e. The summed E-state index contributed by atoms with van der Waals surface area (Å²) in [7, 11) is 0. The Morgan fingerprint density at radius 1 is 0.447 bits per heavy atom. The number of nitrogens with zero attached hydrogens (tertiary/aromatic N) is 2. The van der Waals surface area contributed by atoms with Crippen LogP contribution >= 0.6 is 0 Å². The van der Waals surface area contributed by atoms with Crippen molar-refractivity contribution in [3.05, 3.63) is 56.6 Å². The van der Waals surface area contributed by atoms with Gasteiger partial charge in [0.2, 0.25) is 0 Å². The van der Waals surface area contributed by atoms with Gasteiger partial charge in [0.05, 0.1) is 74.8 Å². The molecule has 0 saturated heterocycles. The Morgan fingerprint density at radius 3 is 1.05 bits per heavy atom. The highest BCUT2D eigenvalue weighted by molar-refractivity contribution is 5.49. The van der Waals surface area contributed by atoms with Gasteiger partial charge in [0, 0.05) is 12.1 Å². The zero-order valence-electron chi connectivity index (χ0n) is 20.7. The lowest BCUT2D eigenvalue weighted by Crippen LogP contribution is -2.15. The van der Waals surface area contributed by atoms with Crippen LogP contribution in [0.25, 0.3) is 0 Å². The fraction of sp³-hybridized carbons (Fsp3) is 0.500. The van der Waals surface area contributed by atoms with Crippen molar-refractivity contribution in [3.8, 4) is 23.0 Å². The molecule has 0 amide bonds. The van der Waals surface area contributed by atoms with E-state index in [1.165, 1.54) is 36.4 Å². The minimum Gasteiger partial charge on any atom is -0.487 e. The fourth-order valence-electron chi connectivity index (χ4n) is 3.17. The van der Waals surface area contributed by atoms with Crippen LogP contribution in [0.2, 0.25) is 0 Å². The Morgan fingerprint density at radius 2 is 0.737 bits per heavy atom. The lowest BCUT2D eigenvalue weighted by Gasteiger charge is -2.14. The Bertz CT molecular complexity index is 1040. The predicted octanol–water partition coefficient (Wildman–Crippen LogP) is 2.80. The topological polar surface area (TPSA) is 160 Å². The third-order valence-corrected chi connectivity index (χ3v) is 4.96. The number of ether oxygens (including phenoxy) is 8. The summed E-state index contributed by atoms with van der Waals surface area (Å²) in [6.07, 6.45) is 0. The molecule has 0 spiro atoms. The molecular weight excluding hydrogens is 508 g/mol. The quantitative estimate of drug-likeness (QED) is 0.407. The SMILES string of the molecule is O=[N+]([O-])c1ccc2c(c1)OCCOCCOCCOCCOc1ccc([N+](=O)[O-])cc1OCCOCCO2. The van der Waals surface area contributed by atoms with Gasteiger partial charge in [-0.1, -0.05) is 0 Å². The summed E-state index contributed by atoms with van der Waals surface area (Å²) < 4.78 is 44.5. The van der Waals surface area contributed by atoms with E-state index < -0.39 is 9.85 Å². The van der Waals surface area contributed by atoms with Crippen molar-refractivity contribution in [1.29, 1.82) is 0 Å². The molecule has 0 atom stereocenters. The van der Waals surface area contributed by atoms with E-state index in [4.69, 9.17) is 37.9 Å². The van der Waals surface area contributed by atoms with Gasteiger partial charge in [-0.05, 0) is 12.1 Å². The number of fused-ring (bicyclic) bond motifs is 2. The molecule has 14 nitrogen and oxygen atoms in total. The molecule has 0 N–H and O–H groups in total. The molecule has 0 aliphatic carbocycles.